The van der Waals surface area contributed by atoms with Crippen molar-refractivity contribution < 1.29 is 13.9 Å². The van der Waals surface area contributed by atoms with Crippen LogP contribution in [0.4, 0.5) is 9.18 Å². The van der Waals surface area contributed by atoms with Crippen LogP contribution in [-0.2, 0) is 11.3 Å². The molecule has 1 aliphatic carbocycles. The second-order valence-electron chi connectivity index (χ2n) is 10.6. The summed E-state index contributed by atoms with van der Waals surface area (Å²) in [7, 11) is 0. The van der Waals surface area contributed by atoms with Crippen LogP contribution in [0, 0.1) is 17.1 Å². The van der Waals surface area contributed by atoms with Crippen molar-refractivity contribution in [2.24, 2.45) is 0 Å². The molecule has 2 unspecified atom stereocenters. The Bertz CT molecular complexity index is 1120. The number of carbonyl (C=O) groups is 1. The lowest BCUT2D eigenvalue weighted by atomic mass is 9.86. The summed E-state index contributed by atoms with van der Waals surface area (Å²) < 4.78 is 19.9. The molecule has 3 heterocycles. The van der Waals surface area contributed by atoms with Crippen LogP contribution in [0.2, 0.25) is 0 Å². The van der Waals surface area contributed by atoms with Gasteiger partial charge in [0.05, 0.1) is 17.6 Å². The van der Waals surface area contributed by atoms with Crippen molar-refractivity contribution in [1.29, 1.82) is 5.26 Å². The van der Waals surface area contributed by atoms with Crippen molar-refractivity contribution in [2.75, 3.05) is 13.1 Å². The van der Waals surface area contributed by atoms with Gasteiger partial charge in [0.25, 0.3) is 0 Å². The Hall–Kier alpha value is -2.91. The number of fused-ring (bicyclic) bond motifs is 2. The van der Waals surface area contributed by atoms with Crippen LogP contribution in [0.15, 0.2) is 36.4 Å². The summed E-state index contributed by atoms with van der Waals surface area (Å²) in [6.45, 7) is 8.22. The molecule has 0 aromatic heterocycles. The summed E-state index contributed by atoms with van der Waals surface area (Å²) in [6, 6.07) is 13.5. The fourth-order valence-corrected chi connectivity index (χ4v) is 5.31. The van der Waals surface area contributed by atoms with Crippen molar-refractivity contribution in [3.63, 3.8) is 0 Å². The van der Waals surface area contributed by atoms with Gasteiger partial charge in [-0.15, -0.1) is 0 Å². The fraction of sp³-hybridized carbons (Fsp3) is 0.481. The highest BCUT2D eigenvalue weighted by Gasteiger charge is 2.48. The van der Waals surface area contributed by atoms with Gasteiger partial charge in [-0.2, -0.15) is 5.26 Å². The molecule has 6 rings (SSSR count). The van der Waals surface area contributed by atoms with E-state index in [1.54, 1.807) is 6.07 Å². The van der Waals surface area contributed by atoms with Gasteiger partial charge in [-0.25, -0.2) is 9.18 Å². The Kier molecular flexibility index (Phi) is 5.41. The molecule has 2 aromatic rings. The lowest BCUT2D eigenvalue weighted by Gasteiger charge is -2.56. The molecule has 3 aliphatic heterocycles. The third kappa shape index (κ3) is 4.35. The second-order valence-corrected chi connectivity index (χ2v) is 10.6. The first kappa shape index (κ1) is 21.9. The number of piperidine rings is 1. The van der Waals surface area contributed by atoms with Crippen molar-refractivity contribution >= 4 is 6.09 Å². The zero-order valence-corrected chi connectivity index (χ0v) is 19.5. The van der Waals surface area contributed by atoms with Crippen LogP contribution >= 0.6 is 0 Å². The maximum absolute atomic E-state index is 14.3. The Balaban J connectivity index is 1.35. The number of piperazine rings is 1. The summed E-state index contributed by atoms with van der Waals surface area (Å²) in [5.74, 6) is 0.0352. The molecule has 2 bridgehead atoms. The van der Waals surface area contributed by atoms with Crippen molar-refractivity contribution in [3.05, 3.63) is 58.9 Å². The molecular formula is C27H30FN3O2. The summed E-state index contributed by atoms with van der Waals surface area (Å²) in [6.07, 6.45) is 3.14. The molecule has 4 aliphatic rings. The summed E-state index contributed by atoms with van der Waals surface area (Å²) in [5.41, 5.74) is 4.08. The first-order chi connectivity index (χ1) is 15.7. The molecule has 3 saturated heterocycles. The molecule has 172 valence electrons. The zero-order chi connectivity index (χ0) is 23.3. The molecule has 0 spiro atoms. The molecule has 6 heteroatoms. The topological polar surface area (TPSA) is 56.6 Å². The van der Waals surface area contributed by atoms with Crippen LogP contribution < -0.4 is 0 Å². The number of hydrogen-bond acceptors (Lipinski definition) is 4. The Labute approximate surface area is 194 Å². The number of amides is 1. The third-order valence-corrected chi connectivity index (χ3v) is 6.85. The van der Waals surface area contributed by atoms with E-state index >= 15 is 0 Å². The van der Waals surface area contributed by atoms with Gasteiger partial charge in [-0.3, -0.25) is 9.80 Å². The van der Waals surface area contributed by atoms with Gasteiger partial charge >= 0.3 is 6.09 Å². The SMILES string of the molecule is CC(C)(C)OC(=O)N1C2CC1CN(Cc1cccc(-c3ccc(C#N)c(F)c3)c1C1CC1)C2. The van der Waals surface area contributed by atoms with Gasteiger partial charge in [-0.05, 0) is 80.3 Å². The minimum atomic E-state index is -0.481. The Morgan fingerprint density at radius 1 is 1.18 bits per heavy atom. The van der Waals surface area contributed by atoms with Crippen molar-refractivity contribution in [1.82, 2.24) is 9.80 Å². The molecule has 2 atom stereocenters. The number of carbonyl (C=O) groups excluding carboxylic acids is 1. The van der Waals surface area contributed by atoms with Gasteiger partial charge in [-0.1, -0.05) is 24.3 Å². The normalized spacial score (nSPS) is 22.5. The van der Waals surface area contributed by atoms with Crippen LogP contribution in [0.25, 0.3) is 11.1 Å². The second kappa shape index (κ2) is 8.14. The number of halogens is 1. The molecule has 1 saturated carbocycles. The first-order valence-corrected chi connectivity index (χ1v) is 11.8. The average Bonchev–Trinajstić information content (AvgIpc) is 3.57. The standard InChI is InChI=1S/C27H30FN3O2/c1-27(2,3)33-26(32)31-21-12-22(31)16-30(15-21)14-20-5-4-6-23(25(20)17-7-8-17)18-9-10-19(13-29)24(28)11-18/h4-6,9-11,17,21-22H,7-8,12,14-16H2,1-3H3. The smallest absolute Gasteiger partial charge is 0.410 e. The third-order valence-electron chi connectivity index (χ3n) is 6.85. The van der Waals surface area contributed by atoms with Crippen molar-refractivity contribution in [3.8, 4) is 17.2 Å². The minimum absolute atomic E-state index is 0.0740. The Morgan fingerprint density at radius 3 is 2.52 bits per heavy atom. The van der Waals surface area contributed by atoms with Crippen LogP contribution in [0.5, 0.6) is 0 Å². The summed E-state index contributed by atoms with van der Waals surface area (Å²) in [4.78, 5) is 16.9. The van der Waals surface area contributed by atoms with Gasteiger partial charge in [0.1, 0.15) is 17.5 Å². The molecule has 5 nitrogen and oxygen atoms in total. The maximum atomic E-state index is 14.3. The van der Waals surface area contributed by atoms with Crippen molar-refractivity contribution in [2.45, 2.75) is 70.2 Å². The van der Waals surface area contributed by atoms with Gasteiger partial charge < -0.3 is 4.74 Å². The number of nitriles is 1. The van der Waals surface area contributed by atoms with Crippen LogP contribution in [0.1, 0.15) is 62.6 Å². The highest BCUT2D eigenvalue weighted by Crippen LogP contribution is 2.47. The van der Waals surface area contributed by atoms with E-state index in [2.05, 4.69) is 17.0 Å². The highest BCUT2D eigenvalue weighted by atomic mass is 19.1. The highest BCUT2D eigenvalue weighted by molar-refractivity contribution is 5.72. The number of nitrogens with zero attached hydrogens (tertiary/aromatic N) is 3. The number of ether oxygens (including phenoxy) is 1. The number of hydrogen-bond donors (Lipinski definition) is 0. The average molecular weight is 448 g/mol. The molecule has 0 radical (unpaired) electrons. The van der Waals surface area contributed by atoms with E-state index in [-0.39, 0.29) is 23.7 Å². The molecular weight excluding hydrogens is 417 g/mol. The molecule has 2 aromatic carbocycles. The summed E-state index contributed by atoms with van der Waals surface area (Å²) >= 11 is 0. The quantitative estimate of drug-likeness (QED) is 0.627. The van der Waals surface area contributed by atoms with Crippen LogP contribution in [0.3, 0.4) is 0 Å². The van der Waals surface area contributed by atoms with E-state index in [1.165, 1.54) is 17.2 Å². The van der Waals surface area contributed by atoms with E-state index < -0.39 is 11.4 Å². The minimum Gasteiger partial charge on any atom is -0.444 e. The molecule has 33 heavy (non-hydrogen) atoms. The Morgan fingerprint density at radius 2 is 1.91 bits per heavy atom. The zero-order valence-electron chi connectivity index (χ0n) is 19.5. The lowest BCUT2D eigenvalue weighted by Crippen LogP contribution is -2.70. The largest absolute Gasteiger partial charge is 0.444 e. The van der Waals surface area contributed by atoms with Gasteiger partial charge in [0.2, 0.25) is 0 Å². The number of rotatable bonds is 4. The van der Waals surface area contributed by atoms with E-state index in [0.29, 0.717) is 5.92 Å². The first-order valence-electron chi connectivity index (χ1n) is 11.8. The van der Waals surface area contributed by atoms with E-state index in [9.17, 15) is 9.18 Å². The molecule has 4 fully saturated rings. The predicted molar refractivity (Wildman–Crippen MR) is 124 cm³/mol. The van der Waals surface area contributed by atoms with Crippen LogP contribution in [-0.4, -0.2) is 46.7 Å². The predicted octanol–water partition coefficient (Wildman–Crippen LogP) is 5.44. The van der Waals surface area contributed by atoms with E-state index in [0.717, 1.165) is 50.0 Å². The fourth-order valence-electron chi connectivity index (χ4n) is 5.31. The van der Waals surface area contributed by atoms with Gasteiger partial charge in [0, 0.05) is 19.6 Å². The molecule has 0 N–H and O–H groups in total. The number of benzene rings is 2. The maximum Gasteiger partial charge on any atom is 0.410 e. The summed E-state index contributed by atoms with van der Waals surface area (Å²) in [5, 5.41) is 9.06. The van der Waals surface area contributed by atoms with Gasteiger partial charge in [0.15, 0.2) is 0 Å². The lowest BCUT2D eigenvalue weighted by molar-refractivity contribution is -0.0782. The molecule has 1 amide bonds. The van der Waals surface area contributed by atoms with E-state index in [1.807, 2.05) is 43.9 Å². The van der Waals surface area contributed by atoms with E-state index in [4.69, 9.17) is 10.00 Å². The monoisotopic (exact) mass is 447 g/mol.